The Labute approximate surface area is 116 Å². The first-order chi connectivity index (χ1) is 8.95. The van der Waals surface area contributed by atoms with Crippen molar-refractivity contribution in [1.29, 1.82) is 0 Å². The van der Waals surface area contributed by atoms with Crippen molar-refractivity contribution in [2.45, 2.75) is 20.3 Å². The maximum atomic E-state index is 12.0. The van der Waals surface area contributed by atoms with Crippen molar-refractivity contribution in [2.24, 2.45) is 5.92 Å². The first-order valence-corrected chi connectivity index (χ1v) is 6.29. The molecule has 1 rings (SSSR count). The molecule has 0 unspecified atom stereocenters. The summed E-state index contributed by atoms with van der Waals surface area (Å²) in [5.74, 6) is -2.36. The number of ether oxygens (including phenoxy) is 1. The highest BCUT2D eigenvalue weighted by atomic mass is 35.5. The predicted octanol–water partition coefficient (Wildman–Crippen LogP) is 2.68. The van der Waals surface area contributed by atoms with Gasteiger partial charge >= 0.3 is 5.97 Å². The summed E-state index contributed by atoms with van der Waals surface area (Å²) in [6.07, 6.45) is -0.185. The fraction of sp³-hybridized carbons (Fsp3) is 0.357. The van der Waals surface area contributed by atoms with Gasteiger partial charge in [-0.05, 0) is 38.1 Å². The molecule has 0 aliphatic heterocycles. The van der Waals surface area contributed by atoms with E-state index >= 15 is 0 Å². The number of carbonyl (C=O) groups excluding carboxylic acids is 3. The largest absolute Gasteiger partial charge is 0.465 e. The van der Waals surface area contributed by atoms with Gasteiger partial charge in [0.1, 0.15) is 11.7 Å². The number of carbonyl (C=O) groups is 3. The van der Waals surface area contributed by atoms with Crippen LogP contribution in [0, 0.1) is 5.92 Å². The lowest BCUT2D eigenvalue weighted by molar-refractivity contribution is -0.151. The molecule has 0 amide bonds. The summed E-state index contributed by atoms with van der Waals surface area (Å²) < 4.78 is 4.79. The van der Waals surface area contributed by atoms with Crippen LogP contribution in [0.3, 0.4) is 0 Å². The zero-order chi connectivity index (χ0) is 14.4. The minimum Gasteiger partial charge on any atom is -0.465 e. The fourth-order valence-electron chi connectivity index (χ4n) is 1.57. The summed E-state index contributed by atoms with van der Waals surface area (Å²) >= 11 is 5.72. The van der Waals surface area contributed by atoms with Crippen LogP contribution in [0.4, 0.5) is 0 Å². The molecule has 0 radical (unpaired) electrons. The summed E-state index contributed by atoms with van der Waals surface area (Å²) in [6.45, 7) is 3.10. The van der Waals surface area contributed by atoms with E-state index in [-0.39, 0.29) is 24.6 Å². The number of benzene rings is 1. The van der Waals surface area contributed by atoms with Gasteiger partial charge in [-0.3, -0.25) is 14.4 Å². The monoisotopic (exact) mass is 282 g/mol. The number of hydrogen-bond donors (Lipinski definition) is 0. The lowest BCUT2D eigenvalue weighted by atomic mass is 9.95. The van der Waals surface area contributed by atoms with Crippen LogP contribution >= 0.6 is 11.6 Å². The van der Waals surface area contributed by atoms with Gasteiger partial charge in [0.25, 0.3) is 0 Å². The van der Waals surface area contributed by atoms with E-state index in [1.54, 1.807) is 31.2 Å². The highest BCUT2D eigenvalue weighted by Gasteiger charge is 2.27. The third-order valence-electron chi connectivity index (χ3n) is 2.62. The molecule has 0 saturated carbocycles. The van der Waals surface area contributed by atoms with Crippen LogP contribution in [0.5, 0.6) is 0 Å². The Balaban J connectivity index is 2.79. The van der Waals surface area contributed by atoms with Crippen molar-refractivity contribution >= 4 is 29.1 Å². The Morgan fingerprint density at radius 3 is 2.26 bits per heavy atom. The van der Waals surface area contributed by atoms with Crippen LogP contribution in [0.1, 0.15) is 30.6 Å². The normalized spacial score (nSPS) is 11.7. The zero-order valence-corrected chi connectivity index (χ0v) is 11.6. The maximum Gasteiger partial charge on any atom is 0.316 e. The Hall–Kier alpha value is -1.68. The Kier molecular flexibility index (Phi) is 5.70. The number of esters is 1. The quantitative estimate of drug-likeness (QED) is 0.457. The first-order valence-electron chi connectivity index (χ1n) is 5.91. The highest BCUT2D eigenvalue weighted by molar-refractivity contribution is 6.30. The number of Topliss-reactive ketones (excluding diaryl/α,β-unsaturated/α-hetero) is 2. The third kappa shape index (κ3) is 4.48. The van der Waals surface area contributed by atoms with Crippen LogP contribution in [-0.4, -0.2) is 24.1 Å². The molecule has 1 aromatic rings. The van der Waals surface area contributed by atoms with Gasteiger partial charge in [0.05, 0.1) is 6.61 Å². The minimum atomic E-state index is -1.04. The molecule has 0 aliphatic carbocycles. The van der Waals surface area contributed by atoms with E-state index in [9.17, 15) is 14.4 Å². The molecule has 1 aromatic carbocycles. The lowest BCUT2D eigenvalue weighted by Crippen LogP contribution is -2.27. The van der Waals surface area contributed by atoms with Gasteiger partial charge < -0.3 is 4.74 Å². The van der Waals surface area contributed by atoms with Gasteiger partial charge in [0, 0.05) is 17.0 Å². The Morgan fingerprint density at radius 2 is 1.79 bits per heavy atom. The van der Waals surface area contributed by atoms with Crippen LogP contribution in [0.15, 0.2) is 24.3 Å². The molecule has 0 spiro atoms. The fourth-order valence-corrected chi connectivity index (χ4v) is 1.70. The number of halogens is 1. The van der Waals surface area contributed by atoms with E-state index < -0.39 is 11.9 Å². The molecule has 4 nitrogen and oxygen atoms in total. The summed E-state index contributed by atoms with van der Waals surface area (Å²) in [6, 6.07) is 6.30. The molecule has 5 heteroatoms. The molecule has 0 aromatic heterocycles. The standard InChI is InChI=1S/C14H15ClO4/c1-3-19-14(18)12(9(2)16)8-13(17)10-4-6-11(15)7-5-10/h4-7,12H,3,8H2,1-2H3/t12-/m0/s1. The molecule has 0 saturated heterocycles. The van der Waals surface area contributed by atoms with Gasteiger partial charge in [0.15, 0.2) is 5.78 Å². The summed E-state index contributed by atoms with van der Waals surface area (Å²) in [7, 11) is 0. The average molecular weight is 283 g/mol. The molecule has 1 atom stereocenters. The average Bonchev–Trinajstić information content (AvgIpc) is 2.36. The first kappa shape index (κ1) is 15.4. The van der Waals surface area contributed by atoms with E-state index in [2.05, 4.69) is 0 Å². The summed E-state index contributed by atoms with van der Waals surface area (Å²) in [5.41, 5.74) is 0.417. The zero-order valence-electron chi connectivity index (χ0n) is 10.8. The molecule has 0 N–H and O–H groups in total. The van der Waals surface area contributed by atoms with Crippen LogP contribution in [-0.2, 0) is 14.3 Å². The lowest BCUT2D eigenvalue weighted by Gasteiger charge is -2.11. The van der Waals surface area contributed by atoms with E-state index in [4.69, 9.17) is 16.3 Å². The highest BCUT2D eigenvalue weighted by Crippen LogP contribution is 2.15. The van der Waals surface area contributed by atoms with Crippen LogP contribution in [0.2, 0.25) is 5.02 Å². The number of ketones is 2. The van der Waals surface area contributed by atoms with Gasteiger partial charge in [-0.15, -0.1) is 0 Å². The molecule has 0 fully saturated rings. The number of hydrogen-bond acceptors (Lipinski definition) is 4. The van der Waals surface area contributed by atoms with E-state index in [1.165, 1.54) is 6.92 Å². The Bertz CT molecular complexity index is 479. The second-order valence-electron chi connectivity index (χ2n) is 4.05. The molecule has 0 aliphatic rings. The minimum absolute atomic E-state index is 0.178. The SMILES string of the molecule is CCOC(=O)[C@@H](CC(=O)c1ccc(Cl)cc1)C(C)=O. The number of rotatable bonds is 6. The Morgan fingerprint density at radius 1 is 1.21 bits per heavy atom. The molecular weight excluding hydrogens is 268 g/mol. The topological polar surface area (TPSA) is 60.4 Å². The van der Waals surface area contributed by atoms with Crippen molar-refractivity contribution in [3.63, 3.8) is 0 Å². The predicted molar refractivity (Wildman–Crippen MR) is 71.2 cm³/mol. The van der Waals surface area contributed by atoms with Gasteiger partial charge in [0.2, 0.25) is 0 Å². The molecular formula is C14H15ClO4. The second kappa shape index (κ2) is 7.04. The van der Waals surface area contributed by atoms with Crippen molar-refractivity contribution in [1.82, 2.24) is 0 Å². The van der Waals surface area contributed by atoms with Gasteiger partial charge in [-0.1, -0.05) is 11.6 Å². The second-order valence-corrected chi connectivity index (χ2v) is 4.49. The van der Waals surface area contributed by atoms with Crippen molar-refractivity contribution in [3.8, 4) is 0 Å². The van der Waals surface area contributed by atoms with E-state index in [0.29, 0.717) is 10.6 Å². The van der Waals surface area contributed by atoms with Crippen molar-refractivity contribution in [3.05, 3.63) is 34.9 Å². The van der Waals surface area contributed by atoms with Crippen LogP contribution in [0.25, 0.3) is 0 Å². The van der Waals surface area contributed by atoms with Crippen molar-refractivity contribution in [2.75, 3.05) is 6.61 Å². The summed E-state index contributed by atoms with van der Waals surface area (Å²) in [4.78, 5) is 35.0. The van der Waals surface area contributed by atoms with Crippen molar-refractivity contribution < 1.29 is 19.1 Å². The maximum absolute atomic E-state index is 12.0. The van der Waals surface area contributed by atoms with Crippen LogP contribution < -0.4 is 0 Å². The smallest absolute Gasteiger partial charge is 0.316 e. The molecule has 0 heterocycles. The van der Waals surface area contributed by atoms with E-state index in [1.807, 2.05) is 0 Å². The molecule has 0 bridgehead atoms. The molecule has 19 heavy (non-hydrogen) atoms. The van der Waals surface area contributed by atoms with E-state index in [0.717, 1.165) is 0 Å². The van der Waals surface area contributed by atoms with Gasteiger partial charge in [-0.2, -0.15) is 0 Å². The van der Waals surface area contributed by atoms with Gasteiger partial charge in [-0.25, -0.2) is 0 Å². The summed E-state index contributed by atoms with van der Waals surface area (Å²) in [5, 5.41) is 0.519. The third-order valence-corrected chi connectivity index (χ3v) is 2.87. The molecule has 102 valence electrons.